The molecule has 0 atom stereocenters. The van der Waals surface area contributed by atoms with Crippen molar-refractivity contribution in [2.24, 2.45) is 0 Å². The van der Waals surface area contributed by atoms with Crippen molar-refractivity contribution in [1.82, 2.24) is 4.98 Å². The molecular formula is C20H18ClN3O7S. The van der Waals surface area contributed by atoms with E-state index >= 15 is 0 Å². The summed E-state index contributed by atoms with van der Waals surface area (Å²) in [4.78, 5) is 28.3. The third-order valence-electron chi connectivity index (χ3n) is 4.40. The lowest BCUT2D eigenvalue weighted by atomic mass is 10.1. The van der Waals surface area contributed by atoms with Crippen molar-refractivity contribution >= 4 is 39.7 Å². The molecule has 1 heterocycles. The van der Waals surface area contributed by atoms with Crippen molar-refractivity contribution in [2.45, 2.75) is 0 Å². The number of hydrogen-bond acceptors (Lipinski definition) is 9. The van der Waals surface area contributed by atoms with Gasteiger partial charge in [-0.2, -0.15) is 0 Å². The summed E-state index contributed by atoms with van der Waals surface area (Å²) in [6.07, 6.45) is 0. The van der Waals surface area contributed by atoms with E-state index in [0.29, 0.717) is 22.0 Å². The number of anilines is 1. The quantitative estimate of drug-likeness (QED) is 0.365. The zero-order valence-electron chi connectivity index (χ0n) is 17.4. The Kier molecular flexibility index (Phi) is 7.01. The first kappa shape index (κ1) is 23.1. The van der Waals surface area contributed by atoms with Gasteiger partial charge in [-0.15, -0.1) is 11.3 Å². The van der Waals surface area contributed by atoms with E-state index in [1.807, 2.05) is 0 Å². The number of aromatic nitrogens is 1. The number of hydrogen-bond donors (Lipinski definition) is 1. The van der Waals surface area contributed by atoms with Crippen molar-refractivity contribution in [3.05, 3.63) is 50.3 Å². The van der Waals surface area contributed by atoms with Gasteiger partial charge in [-0.3, -0.25) is 20.2 Å². The summed E-state index contributed by atoms with van der Waals surface area (Å²) >= 11 is 7.31. The van der Waals surface area contributed by atoms with Gasteiger partial charge in [0.2, 0.25) is 11.5 Å². The summed E-state index contributed by atoms with van der Waals surface area (Å²) in [5.41, 5.74) is 0.454. The summed E-state index contributed by atoms with van der Waals surface area (Å²) in [7, 11) is 5.41. The minimum absolute atomic E-state index is 0.00571. The molecule has 0 saturated carbocycles. The van der Waals surface area contributed by atoms with Crippen LogP contribution in [0.5, 0.6) is 23.0 Å². The predicted molar refractivity (Wildman–Crippen MR) is 120 cm³/mol. The number of carbonyl (C=O) groups is 1. The molecule has 1 aromatic heterocycles. The number of carbonyl (C=O) groups excluding carboxylic acids is 1. The molecule has 168 valence electrons. The number of thiazole rings is 1. The van der Waals surface area contributed by atoms with E-state index in [1.165, 1.54) is 34.5 Å². The second-order valence-electron chi connectivity index (χ2n) is 6.14. The Morgan fingerprint density at radius 1 is 1.06 bits per heavy atom. The molecular weight excluding hydrogens is 462 g/mol. The first-order chi connectivity index (χ1) is 15.3. The van der Waals surface area contributed by atoms with Crippen molar-refractivity contribution in [3.8, 4) is 34.3 Å². The van der Waals surface area contributed by atoms with Crippen molar-refractivity contribution in [3.63, 3.8) is 0 Å². The van der Waals surface area contributed by atoms with E-state index in [2.05, 4.69) is 10.3 Å². The fourth-order valence-electron chi connectivity index (χ4n) is 2.95. The average molecular weight is 480 g/mol. The zero-order valence-corrected chi connectivity index (χ0v) is 19.0. The number of nitrogens with one attached hydrogen (secondary N) is 1. The lowest BCUT2D eigenvalue weighted by molar-refractivity contribution is -0.386. The molecule has 0 saturated heterocycles. The van der Waals surface area contributed by atoms with Gasteiger partial charge < -0.3 is 18.9 Å². The highest BCUT2D eigenvalue weighted by atomic mass is 35.5. The highest BCUT2D eigenvalue weighted by Gasteiger charge is 2.32. The molecule has 32 heavy (non-hydrogen) atoms. The van der Waals surface area contributed by atoms with E-state index < -0.39 is 16.5 Å². The highest BCUT2D eigenvalue weighted by Crippen LogP contribution is 2.46. The Labute approximate surface area is 191 Å². The number of rotatable bonds is 8. The maximum atomic E-state index is 12.9. The SMILES string of the molecule is COc1ccc(-c2csc(NC(=O)c3cc(OC)c(OC)c(OC)c3[N+](=O)[O-])n2)cc1Cl. The summed E-state index contributed by atoms with van der Waals surface area (Å²) in [6, 6.07) is 6.38. The van der Waals surface area contributed by atoms with Gasteiger partial charge in [0.1, 0.15) is 11.3 Å². The van der Waals surface area contributed by atoms with Gasteiger partial charge in [0, 0.05) is 17.0 Å². The van der Waals surface area contributed by atoms with Crippen molar-refractivity contribution < 1.29 is 28.7 Å². The Bertz CT molecular complexity index is 1180. The van der Waals surface area contributed by atoms with Gasteiger partial charge in [0.15, 0.2) is 10.9 Å². The third kappa shape index (κ3) is 4.39. The van der Waals surface area contributed by atoms with Crippen LogP contribution in [-0.2, 0) is 0 Å². The molecule has 10 nitrogen and oxygen atoms in total. The number of benzene rings is 2. The Morgan fingerprint density at radius 2 is 1.75 bits per heavy atom. The summed E-state index contributed by atoms with van der Waals surface area (Å²) in [5.74, 6) is -0.354. The summed E-state index contributed by atoms with van der Waals surface area (Å²) in [6.45, 7) is 0. The van der Waals surface area contributed by atoms with Crippen LogP contribution >= 0.6 is 22.9 Å². The maximum Gasteiger partial charge on any atom is 0.327 e. The monoisotopic (exact) mass is 479 g/mol. The fraction of sp³-hybridized carbons (Fsp3) is 0.200. The van der Waals surface area contributed by atoms with Gasteiger partial charge in [0.25, 0.3) is 5.91 Å². The largest absolute Gasteiger partial charge is 0.495 e. The van der Waals surface area contributed by atoms with Crippen LogP contribution in [0.15, 0.2) is 29.6 Å². The second kappa shape index (κ2) is 9.71. The van der Waals surface area contributed by atoms with Crippen LogP contribution < -0.4 is 24.3 Å². The first-order valence-electron chi connectivity index (χ1n) is 8.92. The number of nitrogens with zero attached hydrogens (tertiary/aromatic N) is 2. The van der Waals surface area contributed by atoms with Gasteiger partial charge in [-0.25, -0.2) is 4.98 Å². The van der Waals surface area contributed by atoms with E-state index in [-0.39, 0.29) is 27.9 Å². The topological polar surface area (TPSA) is 122 Å². The molecule has 0 aliphatic carbocycles. The molecule has 0 spiro atoms. The van der Waals surface area contributed by atoms with Gasteiger partial charge in [-0.05, 0) is 18.2 Å². The number of nitro groups is 1. The molecule has 1 N–H and O–H groups in total. The lowest BCUT2D eigenvalue weighted by Gasteiger charge is -2.14. The molecule has 0 aliphatic rings. The minimum Gasteiger partial charge on any atom is -0.495 e. The number of nitro benzene ring substituents is 1. The van der Waals surface area contributed by atoms with E-state index in [9.17, 15) is 14.9 Å². The molecule has 3 aromatic rings. The van der Waals surface area contributed by atoms with Crippen molar-refractivity contribution in [2.75, 3.05) is 33.8 Å². The average Bonchev–Trinajstić information content (AvgIpc) is 3.25. The second-order valence-corrected chi connectivity index (χ2v) is 7.41. The van der Waals surface area contributed by atoms with Crippen LogP contribution in [0.25, 0.3) is 11.3 Å². The predicted octanol–water partition coefficient (Wildman–Crippen LogP) is 4.66. The molecule has 0 radical (unpaired) electrons. The van der Waals surface area contributed by atoms with Crippen molar-refractivity contribution in [1.29, 1.82) is 0 Å². The Hall–Kier alpha value is -3.57. The molecule has 0 bridgehead atoms. The lowest BCUT2D eigenvalue weighted by Crippen LogP contribution is -2.15. The van der Waals surface area contributed by atoms with Crippen LogP contribution in [0, 0.1) is 10.1 Å². The minimum atomic E-state index is -0.760. The van der Waals surface area contributed by atoms with Gasteiger partial charge in [-0.1, -0.05) is 11.6 Å². The van der Waals surface area contributed by atoms with E-state index in [0.717, 1.165) is 11.3 Å². The molecule has 12 heteroatoms. The Balaban J connectivity index is 1.96. The van der Waals surface area contributed by atoms with Crippen LogP contribution in [0.4, 0.5) is 10.8 Å². The number of ether oxygens (including phenoxy) is 4. The smallest absolute Gasteiger partial charge is 0.327 e. The molecule has 0 unspecified atom stereocenters. The summed E-state index contributed by atoms with van der Waals surface area (Å²) in [5, 5.41) is 16.7. The van der Waals surface area contributed by atoms with Crippen LogP contribution in [0.2, 0.25) is 5.02 Å². The molecule has 3 rings (SSSR count). The molecule has 1 amide bonds. The standard InChI is InChI=1S/C20H18ClN3O7S/c1-28-14-6-5-10(7-12(14)21)13-9-32-20(22-13)23-19(25)11-8-15(29-2)17(30-3)18(31-4)16(11)24(26)27/h5-9H,1-4H3,(H,22,23,25). The van der Waals surface area contributed by atoms with Crippen LogP contribution in [0.3, 0.4) is 0 Å². The van der Waals surface area contributed by atoms with Crippen LogP contribution in [-0.4, -0.2) is 44.3 Å². The zero-order chi connectivity index (χ0) is 23.4. The number of amides is 1. The van der Waals surface area contributed by atoms with Crippen LogP contribution in [0.1, 0.15) is 10.4 Å². The van der Waals surface area contributed by atoms with E-state index in [1.54, 1.807) is 23.6 Å². The normalized spacial score (nSPS) is 10.4. The number of halogens is 1. The number of methoxy groups -OCH3 is 4. The molecule has 2 aromatic carbocycles. The first-order valence-corrected chi connectivity index (χ1v) is 10.2. The third-order valence-corrected chi connectivity index (χ3v) is 5.46. The molecule has 0 aliphatic heterocycles. The Morgan fingerprint density at radius 3 is 2.31 bits per heavy atom. The van der Waals surface area contributed by atoms with Gasteiger partial charge >= 0.3 is 5.69 Å². The molecule has 0 fully saturated rings. The van der Waals surface area contributed by atoms with Gasteiger partial charge in [0.05, 0.1) is 44.1 Å². The summed E-state index contributed by atoms with van der Waals surface area (Å²) < 4.78 is 20.6. The highest BCUT2D eigenvalue weighted by molar-refractivity contribution is 7.14. The van der Waals surface area contributed by atoms with E-state index in [4.69, 9.17) is 30.5 Å². The fourth-order valence-corrected chi connectivity index (χ4v) is 3.92. The maximum absolute atomic E-state index is 12.9.